The molecular formula is C19H18O4. The summed E-state index contributed by atoms with van der Waals surface area (Å²) >= 11 is 0. The van der Waals surface area contributed by atoms with Gasteiger partial charge >= 0.3 is 11.9 Å². The molecule has 0 unspecified atom stereocenters. The topological polar surface area (TPSA) is 52.6 Å². The van der Waals surface area contributed by atoms with Gasteiger partial charge < -0.3 is 9.47 Å². The van der Waals surface area contributed by atoms with Crippen molar-refractivity contribution in [2.24, 2.45) is 0 Å². The molecule has 23 heavy (non-hydrogen) atoms. The molecule has 0 saturated carbocycles. The molecule has 0 N–H and O–H groups in total. The van der Waals surface area contributed by atoms with Gasteiger partial charge in [0.1, 0.15) is 12.4 Å². The number of carbonyl (C=O) groups is 2. The molecule has 0 atom stereocenters. The number of esters is 2. The van der Waals surface area contributed by atoms with E-state index >= 15 is 0 Å². The van der Waals surface area contributed by atoms with E-state index in [2.05, 4.69) is 6.58 Å². The van der Waals surface area contributed by atoms with Crippen LogP contribution >= 0.6 is 0 Å². The Balaban J connectivity index is 1.85. The van der Waals surface area contributed by atoms with Crippen LogP contribution in [0.2, 0.25) is 0 Å². The summed E-state index contributed by atoms with van der Waals surface area (Å²) in [6, 6.07) is 17.2. The van der Waals surface area contributed by atoms with E-state index in [0.717, 1.165) is 11.1 Å². The van der Waals surface area contributed by atoms with E-state index in [0.29, 0.717) is 11.3 Å². The highest BCUT2D eigenvalue weighted by Gasteiger charge is 2.08. The largest absolute Gasteiger partial charge is 0.462 e. The molecule has 0 aliphatic carbocycles. The molecule has 0 spiro atoms. The minimum Gasteiger partial charge on any atom is -0.462 e. The van der Waals surface area contributed by atoms with E-state index in [1.807, 2.05) is 42.5 Å². The van der Waals surface area contributed by atoms with Crippen LogP contribution in [0.25, 0.3) is 11.1 Å². The van der Waals surface area contributed by atoms with Gasteiger partial charge in [-0.25, -0.2) is 4.79 Å². The molecule has 0 aromatic heterocycles. The summed E-state index contributed by atoms with van der Waals surface area (Å²) in [5, 5.41) is 0. The average Bonchev–Trinajstić information content (AvgIpc) is 2.56. The first-order chi connectivity index (χ1) is 11.1. The molecule has 118 valence electrons. The molecule has 4 nitrogen and oxygen atoms in total. The van der Waals surface area contributed by atoms with E-state index < -0.39 is 11.9 Å². The number of carbonyl (C=O) groups excluding carboxylic acids is 2. The third-order valence-corrected chi connectivity index (χ3v) is 3.08. The number of ether oxygens (including phenoxy) is 2. The molecule has 0 saturated heterocycles. The second kappa shape index (κ2) is 7.94. The maximum Gasteiger partial charge on any atom is 0.333 e. The SMILES string of the molecule is C=C(C)C(=O)OCCC(=O)Oc1ccc(-c2ccccc2)cc1. The standard InChI is InChI=1S/C19H18O4/c1-14(2)19(21)22-13-12-18(20)23-17-10-8-16(9-11-17)15-6-4-3-5-7-15/h3-11H,1,12-13H2,2H3. The third-order valence-electron chi connectivity index (χ3n) is 3.08. The number of hydrogen-bond donors (Lipinski definition) is 0. The van der Waals surface area contributed by atoms with Crippen molar-refractivity contribution in [1.29, 1.82) is 0 Å². The van der Waals surface area contributed by atoms with Crippen molar-refractivity contribution in [3.63, 3.8) is 0 Å². The normalized spacial score (nSPS) is 9.96. The molecule has 0 amide bonds. The first-order valence-electron chi connectivity index (χ1n) is 7.25. The predicted molar refractivity (Wildman–Crippen MR) is 87.9 cm³/mol. The van der Waals surface area contributed by atoms with E-state index in [9.17, 15) is 9.59 Å². The van der Waals surface area contributed by atoms with Crippen molar-refractivity contribution in [3.8, 4) is 16.9 Å². The van der Waals surface area contributed by atoms with Crippen molar-refractivity contribution in [2.75, 3.05) is 6.61 Å². The average molecular weight is 310 g/mol. The fourth-order valence-electron chi connectivity index (χ4n) is 1.88. The van der Waals surface area contributed by atoms with Gasteiger partial charge in [-0.2, -0.15) is 0 Å². The van der Waals surface area contributed by atoms with Gasteiger partial charge in [0.2, 0.25) is 0 Å². The van der Waals surface area contributed by atoms with Crippen LogP contribution in [0.3, 0.4) is 0 Å². The van der Waals surface area contributed by atoms with Crippen molar-refractivity contribution in [3.05, 3.63) is 66.7 Å². The van der Waals surface area contributed by atoms with Crippen molar-refractivity contribution >= 4 is 11.9 Å². The summed E-state index contributed by atoms with van der Waals surface area (Å²) in [5.74, 6) is -0.502. The molecular weight excluding hydrogens is 292 g/mol. The van der Waals surface area contributed by atoms with Gasteiger partial charge in [-0.15, -0.1) is 0 Å². The van der Waals surface area contributed by atoms with Gasteiger partial charge in [0.25, 0.3) is 0 Å². The highest BCUT2D eigenvalue weighted by molar-refractivity contribution is 5.87. The lowest BCUT2D eigenvalue weighted by Crippen LogP contribution is -2.14. The van der Waals surface area contributed by atoms with Crippen LogP contribution in [0.15, 0.2) is 66.7 Å². The van der Waals surface area contributed by atoms with Crippen LogP contribution in [0, 0.1) is 0 Å². The van der Waals surface area contributed by atoms with Crippen LogP contribution in [-0.4, -0.2) is 18.5 Å². The Bertz CT molecular complexity index is 687. The van der Waals surface area contributed by atoms with Crippen LogP contribution < -0.4 is 4.74 Å². The van der Waals surface area contributed by atoms with E-state index in [4.69, 9.17) is 9.47 Å². The van der Waals surface area contributed by atoms with Gasteiger partial charge in [0.05, 0.1) is 6.42 Å². The van der Waals surface area contributed by atoms with E-state index in [1.165, 1.54) is 0 Å². The quantitative estimate of drug-likeness (QED) is 0.463. The Labute approximate surface area is 135 Å². The second-order valence-electron chi connectivity index (χ2n) is 5.03. The molecule has 0 fully saturated rings. The predicted octanol–water partition coefficient (Wildman–Crippen LogP) is 3.77. The Morgan fingerprint density at radius 1 is 0.957 bits per heavy atom. The molecule has 0 radical (unpaired) electrons. The maximum absolute atomic E-state index is 11.7. The fourth-order valence-corrected chi connectivity index (χ4v) is 1.88. The molecule has 2 aromatic carbocycles. The Hall–Kier alpha value is -2.88. The first kappa shape index (κ1) is 16.5. The van der Waals surface area contributed by atoms with E-state index in [-0.39, 0.29) is 13.0 Å². The van der Waals surface area contributed by atoms with Gasteiger partial charge in [0.15, 0.2) is 0 Å². The molecule has 0 aliphatic heterocycles. The second-order valence-corrected chi connectivity index (χ2v) is 5.03. The van der Waals surface area contributed by atoms with Gasteiger partial charge in [-0.1, -0.05) is 49.0 Å². The molecule has 2 rings (SSSR count). The van der Waals surface area contributed by atoms with Gasteiger partial charge in [-0.05, 0) is 30.2 Å². The molecule has 0 bridgehead atoms. The minimum atomic E-state index is -0.509. The minimum absolute atomic E-state index is 0.000539. The Morgan fingerprint density at radius 3 is 2.17 bits per heavy atom. The summed E-state index contributed by atoms with van der Waals surface area (Å²) in [5.41, 5.74) is 2.44. The monoisotopic (exact) mass is 310 g/mol. The summed E-state index contributed by atoms with van der Waals surface area (Å²) < 4.78 is 10.0. The first-order valence-corrected chi connectivity index (χ1v) is 7.25. The maximum atomic E-state index is 11.7. The Morgan fingerprint density at radius 2 is 1.57 bits per heavy atom. The van der Waals surface area contributed by atoms with E-state index in [1.54, 1.807) is 19.1 Å². The number of rotatable bonds is 6. The molecule has 4 heteroatoms. The zero-order valence-electron chi connectivity index (χ0n) is 13.0. The molecule has 0 heterocycles. The zero-order valence-corrected chi connectivity index (χ0v) is 13.0. The number of hydrogen-bond acceptors (Lipinski definition) is 4. The lowest BCUT2D eigenvalue weighted by Gasteiger charge is -2.07. The highest BCUT2D eigenvalue weighted by Crippen LogP contribution is 2.22. The van der Waals surface area contributed by atoms with Crippen molar-refractivity contribution in [2.45, 2.75) is 13.3 Å². The smallest absolute Gasteiger partial charge is 0.333 e. The summed E-state index contributed by atoms with van der Waals surface area (Å²) in [4.78, 5) is 22.9. The lowest BCUT2D eigenvalue weighted by atomic mass is 10.1. The van der Waals surface area contributed by atoms with Crippen LogP contribution in [0.5, 0.6) is 5.75 Å². The number of benzene rings is 2. The zero-order chi connectivity index (χ0) is 16.7. The highest BCUT2D eigenvalue weighted by atomic mass is 16.5. The summed E-state index contributed by atoms with van der Waals surface area (Å²) in [7, 11) is 0. The van der Waals surface area contributed by atoms with Gasteiger partial charge in [-0.3, -0.25) is 4.79 Å². The molecule has 0 aliphatic rings. The van der Waals surface area contributed by atoms with Crippen LogP contribution in [-0.2, 0) is 14.3 Å². The molecule has 2 aromatic rings. The summed E-state index contributed by atoms with van der Waals surface area (Å²) in [6.45, 7) is 4.99. The Kier molecular flexibility index (Phi) is 5.69. The fraction of sp³-hybridized carbons (Fsp3) is 0.158. The van der Waals surface area contributed by atoms with Crippen LogP contribution in [0.4, 0.5) is 0 Å². The summed E-state index contributed by atoms with van der Waals surface area (Å²) in [6.07, 6.45) is -0.000539. The lowest BCUT2D eigenvalue weighted by molar-refractivity contribution is -0.142. The van der Waals surface area contributed by atoms with Crippen LogP contribution in [0.1, 0.15) is 13.3 Å². The van der Waals surface area contributed by atoms with Gasteiger partial charge in [0, 0.05) is 5.57 Å². The third kappa shape index (κ3) is 5.11. The van der Waals surface area contributed by atoms with Crippen molar-refractivity contribution < 1.29 is 19.1 Å². The van der Waals surface area contributed by atoms with Crippen molar-refractivity contribution in [1.82, 2.24) is 0 Å².